The summed E-state index contributed by atoms with van der Waals surface area (Å²) in [6, 6.07) is 8.94. The van der Waals surface area contributed by atoms with Crippen molar-refractivity contribution in [3.05, 3.63) is 57.3 Å². The largest absolute Gasteiger partial charge is 0.465 e. The zero-order valence-corrected chi connectivity index (χ0v) is 23.5. The van der Waals surface area contributed by atoms with E-state index in [1.165, 1.54) is 38.1 Å². The van der Waals surface area contributed by atoms with Crippen molar-refractivity contribution in [3.8, 4) is 6.07 Å². The Bertz CT molecular complexity index is 1240. The van der Waals surface area contributed by atoms with Crippen LogP contribution in [0.1, 0.15) is 74.2 Å². The van der Waals surface area contributed by atoms with E-state index in [1.807, 2.05) is 0 Å². The lowest BCUT2D eigenvalue weighted by molar-refractivity contribution is -0.138. The van der Waals surface area contributed by atoms with Crippen LogP contribution in [0.2, 0.25) is 0 Å². The first-order valence-corrected chi connectivity index (χ1v) is 14.7. The summed E-state index contributed by atoms with van der Waals surface area (Å²) < 4.78 is 10.1. The number of nitriles is 1. The Balaban J connectivity index is 1.37. The molecule has 39 heavy (non-hydrogen) atoms. The van der Waals surface area contributed by atoms with Crippen LogP contribution in [-0.2, 0) is 19.1 Å². The molecule has 1 aromatic rings. The third kappa shape index (κ3) is 5.44. The van der Waals surface area contributed by atoms with E-state index in [-0.39, 0.29) is 23.8 Å². The van der Waals surface area contributed by atoms with Crippen LogP contribution >= 0.6 is 11.8 Å². The fraction of sp³-hybridized carbons (Fsp3) is 0.533. The van der Waals surface area contributed by atoms with E-state index >= 15 is 0 Å². The Morgan fingerprint density at radius 2 is 1.69 bits per heavy atom. The van der Waals surface area contributed by atoms with Crippen molar-refractivity contribution in [2.75, 3.05) is 19.5 Å². The Labute approximate surface area is 233 Å². The van der Waals surface area contributed by atoms with Gasteiger partial charge in [-0.05, 0) is 87.8 Å². The number of carbonyl (C=O) groups excluding carboxylic acids is 3. The number of nitrogens with one attached hydrogen (secondary N) is 2. The third-order valence-electron chi connectivity index (χ3n) is 8.60. The Hall–Kier alpha value is -3.25. The molecule has 0 aromatic heterocycles. The summed E-state index contributed by atoms with van der Waals surface area (Å²) in [4.78, 5) is 38.1. The Kier molecular flexibility index (Phi) is 7.77. The van der Waals surface area contributed by atoms with Gasteiger partial charge >= 0.3 is 11.9 Å². The average Bonchev–Trinajstić information content (AvgIpc) is 2.90. The zero-order chi connectivity index (χ0) is 27.7. The van der Waals surface area contributed by atoms with Crippen molar-refractivity contribution < 1.29 is 23.9 Å². The standard InChI is InChI=1S/C30H35N3O5S/c1-4-38-29(36)25-17(2)32-27(23(15-31)26(25)21-5-7-22(8-6-21)28(35)37-3)39-16-24(34)33-30-12-18-9-19(13-30)11-20(10-18)14-30/h5-8,18-20,26,32H,4,9-14,16H2,1-3H3,(H,33,34)/t18?,19?,20?,26-,30?/m1/s1. The summed E-state index contributed by atoms with van der Waals surface area (Å²) in [6.07, 6.45) is 7.16. The number of hydrogen-bond donors (Lipinski definition) is 2. The van der Waals surface area contributed by atoms with E-state index in [0.29, 0.717) is 33.0 Å². The molecule has 1 aliphatic heterocycles. The number of rotatable bonds is 8. The second-order valence-corrected chi connectivity index (χ2v) is 12.3. The first-order valence-electron chi connectivity index (χ1n) is 13.7. The lowest BCUT2D eigenvalue weighted by Gasteiger charge is -2.56. The van der Waals surface area contributed by atoms with Crippen molar-refractivity contribution in [3.63, 3.8) is 0 Å². The van der Waals surface area contributed by atoms with Crippen molar-refractivity contribution in [1.29, 1.82) is 5.26 Å². The minimum Gasteiger partial charge on any atom is -0.465 e. The SMILES string of the molecule is CCOC(=O)C1=C(C)NC(SCC(=O)NC23CC4CC(CC(C4)C2)C3)=C(C#N)[C@H]1c1ccc(C(=O)OC)cc1. The van der Waals surface area contributed by atoms with Gasteiger partial charge in [0.25, 0.3) is 0 Å². The predicted octanol–water partition coefficient (Wildman–Crippen LogP) is 4.55. The number of allylic oxidation sites excluding steroid dienone is 2. The first-order chi connectivity index (χ1) is 18.8. The molecule has 4 aliphatic carbocycles. The van der Waals surface area contributed by atoms with Crippen molar-refractivity contribution in [2.45, 2.75) is 63.8 Å². The fourth-order valence-electron chi connectivity index (χ4n) is 7.50. The zero-order valence-electron chi connectivity index (χ0n) is 22.7. The fourth-order valence-corrected chi connectivity index (χ4v) is 8.39. The van der Waals surface area contributed by atoms with E-state index in [9.17, 15) is 19.6 Å². The molecular weight excluding hydrogens is 514 g/mol. The monoisotopic (exact) mass is 549 g/mol. The molecule has 0 radical (unpaired) electrons. The molecule has 1 aromatic carbocycles. The number of benzene rings is 1. The average molecular weight is 550 g/mol. The highest BCUT2D eigenvalue weighted by Gasteiger charge is 2.51. The normalized spacial score (nSPS) is 29.0. The maximum atomic E-state index is 13.2. The molecule has 8 nitrogen and oxygen atoms in total. The molecule has 1 atom stereocenters. The second kappa shape index (κ2) is 11.1. The van der Waals surface area contributed by atoms with Gasteiger partial charge in [-0.3, -0.25) is 4.79 Å². The summed E-state index contributed by atoms with van der Waals surface area (Å²) in [7, 11) is 1.31. The van der Waals surface area contributed by atoms with Gasteiger partial charge in [0, 0.05) is 11.2 Å². The van der Waals surface area contributed by atoms with E-state index in [2.05, 4.69) is 16.7 Å². The number of carbonyl (C=O) groups is 3. The molecule has 0 spiro atoms. The smallest absolute Gasteiger partial charge is 0.337 e. The van der Waals surface area contributed by atoms with Gasteiger partial charge in [0.2, 0.25) is 5.91 Å². The molecule has 0 unspecified atom stereocenters. The predicted molar refractivity (Wildman–Crippen MR) is 147 cm³/mol. The molecule has 9 heteroatoms. The van der Waals surface area contributed by atoms with Crippen LogP contribution in [0.5, 0.6) is 0 Å². The molecule has 0 saturated heterocycles. The molecule has 4 saturated carbocycles. The summed E-state index contributed by atoms with van der Waals surface area (Å²) >= 11 is 1.28. The van der Waals surface area contributed by atoms with Crippen LogP contribution in [0, 0.1) is 29.1 Å². The maximum Gasteiger partial charge on any atom is 0.337 e. The topological polar surface area (TPSA) is 118 Å². The van der Waals surface area contributed by atoms with Gasteiger partial charge in [-0.25, -0.2) is 9.59 Å². The number of ether oxygens (including phenoxy) is 2. The molecular formula is C30H35N3O5S. The lowest BCUT2D eigenvalue weighted by Crippen LogP contribution is -2.60. The van der Waals surface area contributed by atoms with Crippen molar-refractivity contribution in [2.24, 2.45) is 17.8 Å². The van der Waals surface area contributed by atoms with Crippen molar-refractivity contribution in [1.82, 2.24) is 10.6 Å². The van der Waals surface area contributed by atoms with Crippen molar-refractivity contribution >= 4 is 29.6 Å². The number of esters is 2. The highest BCUT2D eigenvalue weighted by molar-refractivity contribution is 8.03. The third-order valence-corrected chi connectivity index (χ3v) is 9.62. The summed E-state index contributed by atoms with van der Waals surface area (Å²) in [5, 5.41) is 17.4. The molecule has 4 bridgehead atoms. The van der Waals surface area contributed by atoms with Gasteiger partial charge in [0.15, 0.2) is 0 Å². The highest BCUT2D eigenvalue weighted by Crippen LogP contribution is 2.55. The quantitative estimate of drug-likeness (QED) is 0.454. The van der Waals surface area contributed by atoms with Crippen LogP contribution in [0.15, 0.2) is 46.1 Å². The van der Waals surface area contributed by atoms with Crippen LogP contribution in [0.3, 0.4) is 0 Å². The first kappa shape index (κ1) is 27.3. The van der Waals surface area contributed by atoms with Gasteiger partial charge in [0.1, 0.15) is 0 Å². The van der Waals surface area contributed by atoms with Gasteiger partial charge in [-0.2, -0.15) is 5.26 Å². The van der Waals surface area contributed by atoms with Gasteiger partial charge in [-0.1, -0.05) is 23.9 Å². The van der Waals surface area contributed by atoms with Gasteiger partial charge in [0.05, 0.1) is 53.2 Å². The van der Waals surface area contributed by atoms with E-state index in [1.54, 1.807) is 38.1 Å². The maximum absolute atomic E-state index is 13.2. The molecule has 6 rings (SSSR count). The minimum absolute atomic E-state index is 0.0228. The number of methoxy groups -OCH3 is 1. The highest BCUT2D eigenvalue weighted by atomic mass is 32.2. The van der Waals surface area contributed by atoms with E-state index < -0.39 is 17.9 Å². The number of thioether (sulfide) groups is 1. The van der Waals surface area contributed by atoms with Gasteiger partial charge < -0.3 is 20.1 Å². The molecule has 5 aliphatic rings. The van der Waals surface area contributed by atoms with E-state index in [4.69, 9.17) is 9.47 Å². The van der Waals surface area contributed by atoms with Crippen LogP contribution in [-0.4, -0.2) is 42.9 Å². The molecule has 4 fully saturated rings. The molecule has 206 valence electrons. The van der Waals surface area contributed by atoms with Crippen LogP contribution in [0.25, 0.3) is 0 Å². The summed E-state index contributed by atoms with van der Waals surface area (Å²) in [6.45, 7) is 3.70. The number of hydrogen-bond acceptors (Lipinski definition) is 8. The minimum atomic E-state index is -0.698. The lowest BCUT2D eigenvalue weighted by atomic mass is 9.53. The Morgan fingerprint density at radius 3 is 2.23 bits per heavy atom. The van der Waals surface area contributed by atoms with Crippen LogP contribution in [0.4, 0.5) is 0 Å². The van der Waals surface area contributed by atoms with E-state index in [0.717, 1.165) is 37.0 Å². The number of dihydropyridines is 1. The molecule has 1 heterocycles. The van der Waals surface area contributed by atoms with Gasteiger partial charge in [-0.15, -0.1) is 0 Å². The second-order valence-electron chi connectivity index (χ2n) is 11.3. The van der Waals surface area contributed by atoms with Crippen LogP contribution < -0.4 is 10.6 Å². The number of amides is 1. The molecule has 2 N–H and O–H groups in total. The Morgan fingerprint density at radius 1 is 1.08 bits per heavy atom. The summed E-state index contributed by atoms with van der Waals surface area (Å²) in [5.41, 5.74) is 2.20. The molecule has 1 amide bonds. The summed E-state index contributed by atoms with van der Waals surface area (Å²) in [5.74, 6) is 0.668. The number of nitrogens with zero attached hydrogens (tertiary/aromatic N) is 1.